The molecule has 1 aliphatic rings. The zero-order valence-electron chi connectivity index (χ0n) is 11.7. The van der Waals surface area contributed by atoms with Gasteiger partial charge in [0.1, 0.15) is 6.04 Å². The van der Waals surface area contributed by atoms with Gasteiger partial charge in [-0.1, -0.05) is 18.6 Å². The fourth-order valence-electron chi connectivity index (χ4n) is 2.99. The molecule has 0 aliphatic carbocycles. The van der Waals surface area contributed by atoms with E-state index in [2.05, 4.69) is 16.0 Å². The zero-order chi connectivity index (χ0) is 14.7. The van der Waals surface area contributed by atoms with Crippen LogP contribution in [0.3, 0.4) is 0 Å². The van der Waals surface area contributed by atoms with E-state index in [1.807, 2.05) is 29.6 Å². The van der Waals surface area contributed by atoms with Crippen LogP contribution in [0.25, 0.3) is 0 Å². The maximum Gasteiger partial charge on any atom is 0.320 e. The summed E-state index contributed by atoms with van der Waals surface area (Å²) in [5.41, 5.74) is 0.924. The number of pyridine rings is 1. The highest BCUT2D eigenvalue weighted by Crippen LogP contribution is 2.35. The van der Waals surface area contributed by atoms with Gasteiger partial charge in [0.05, 0.1) is 11.7 Å². The minimum Gasteiger partial charge on any atom is -0.480 e. The molecule has 0 saturated carbocycles. The lowest BCUT2D eigenvalue weighted by molar-refractivity contribution is -0.145. The van der Waals surface area contributed by atoms with Crippen LogP contribution in [0.5, 0.6) is 0 Å². The number of rotatable bonds is 4. The Bertz CT molecular complexity index is 586. The van der Waals surface area contributed by atoms with Gasteiger partial charge in [0.25, 0.3) is 0 Å². The summed E-state index contributed by atoms with van der Waals surface area (Å²) in [6, 6.07) is 9.42. The molecule has 2 unspecified atom stereocenters. The lowest BCUT2D eigenvalue weighted by Gasteiger charge is -2.38. The highest BCUT2D eigenvalue weighted by Gasteiger charge is 2.35. The van der Waals surface area contributed by atoms with Crippen LogP contribution >= 0.6 is 11.3 Å². The topological polar surface area (TPSA) is 53.4 Å². The van der Waals surface area contributed by atoms with Crippen LogP contribution in [0.2, 0.25) is 0 Å². The Hall–Kier alpha value is -1.72. The second-order valence-corrected chi connectivity index (χ2v) is 6.24. The molecule has 3 heterocycles. The van der Waals surface area contributed by atoms with E-state index in [0.29, 0.717) is 6.42 Å². The standard InChI is InChI=1S/C16H18N2O2S/c19-16(20)13-7-2-4-10-18(13)15(14-8-5-11-21-14)12-6-1-3-9-17-12/h1,3,5-6,8-9,11,13,15H,2,4,7,10H2,(H,19,20). The van der Waals surface area contributed by atoms with E-state index in [1.165, 1.54) is 0 Å². The van der Waals surface area contributed by atoms with Crippen molar-refractivity contribution in [2.75, 3.05) is 6.54 Å². The molecule has 1 N–H and O–H groups in total. The normalized spacial score (nSPS) is 21.0. The van der Waals surface area contributed by atoms with E-state index in [-0.39, 0.29) is 6.04 Å². The summed E-state index contributed by atoms with van der Waals surface area (Å²) in [5, 5.41) is 11.6. The zero-order valence-corrected chi connectivity index (χ0v) is 12.5. The maximum atomic E-state index is 11.6. The summed E-state index contributed by atoms with van der Waals surface area (Å²) in [7, 11) is 0. The van der Waals surface area contributed by atoms with Crippen LogP contribution in [-0.2, 0) is 4.79 Å². The molecule has 0 spiro atoms. The molecule has 1 fully saturated rings. The van der Waals surface area contributed by atoms with Gasteiger partial charge in [0.2, 0.25) is 0 Å². The predicted molar refractivity (Wildman–Crippen MR) is 82.4 cm³/mol. The molecule has 2 aromatic heterocycles. The van der Waals surface area contributed by atoms with Crippen LogP contribution in [0.4, 0.5) is 0 Å². The molecule has 1 aliphatic heterocycles. The van der Waals surface area contributed by atoms with Crippen molar-refractivity contribution in [2.24, 2.45) is 0 Å². The molecular formula is C16H18N2O2S. The Balaban J connectivity index is 2.00. The number of carbonyl (C=O) groups is 1. The van der Waals surface area contributed by atoms with Crippen molar-refractivity contribution in [3.8, 4) is 0 Å². The quantitative estimate of drug-likeness (QED) is 0.942. The molecule has 0 amide bonds. The van der Waals surface area contributed by atoms with Gasteiger partial charge in [-0.05, 0) is 36.4 Å². The summed E-state index contributed by atoms with van der Waals surface area (Å²) >= 11 is 1.66. The Morgan fingerprint density at radius 2 is 2.24 bits per heavy atom. The number of likely N-dealkylation sites (tertiary alicyclic amines) is 1. The molecule has 0 bridgehead atoms. The highest BCUT2D eigenvalue weighted by atomic mass is 32.1. The fourth-order valence-corrected chi connectivity index (χ4v) is 3.85. The fraction of sp³-hybridized carbons (Fsp3) is 0.375. The van der Waals surface area contributed by atoms with Crippen LogP contribution in [0.15, 0.2) is 41.9 Å². The van der Waals surface area contributed by atoms with Gasteiger partial charge in [-0.2, -0.15) is 0 Å². The molecular weight excluding hydrogens is 284 g/mol. The van der Waals surface area contributed by atoms with Gasteiger partial charge < -0.3 is 5.11 Å². The van der Waals surface area contributed by atoms with E-state index >= 15 is 0 Å². The van der Waals surface area contributed by atoms with Crippen LogP contribution in [0.1, 0.15) is 35.9 Å². The van der Waals surface area contributed by atoms with Gasteiger partial charge in [0, 0.05) is 17.6 Å². The van der Waals surface area contributed by atoms with Gasteiger partial charge >= 0.3 is 5.97 Å². The first kappa shape index (κ1) is 14.2. The third kappa shape index (κ3) is 2.99. The first-order valence-corrected chi connectivity index (χ1v) is 8.08. The summed E-state index contributed by atoms with van der Waals surface area (Å²) in [5.74, 6) is -0.729. The van der Waals surface area contributed by atoms with Crippen LogP contribution in [0, 0.1) is 0 Å². The minimum atomic E-state index is -0.729. The third-order valence-electron chi connectivity index (χ3n) is 3.94. The third-order valence-corrected chi connectivity index (χ3v) is 4.87. The van der Waals surface area contributed by atoms with E-state index in [1.54, 1.807) is 17.5 Å². The number of hydrogen-bond acceptors (Lipinski definition) is 4. The summed E-state index contributed by atoms with van der Waals surface area (Å²) in [4.78, 5) is 19.3. The van der Waals surface area contributed by atoms with Crippen molar-refractivity contribution in [3.05, 3.63) is 52.5 Å². The number of aliphatic carboxylic acids is 1. The lowest BCUT2D eigenvalue weighted by Crippen LogP contribution is -2.46. The molecule has 1 saturated heterocycles. The second kappa shape index (κ2) is 6.37. The van der Waals surface area contributed by atoms with Gasteiger partial charge in [-0.3, -0.25) is 14.7 Å². The largest absolute Gasteiger partial charge is 0.480 e. The number of hydrogen-bond donors (Lipinski definition) is 1. The number of thiophene rings is 1. The smallest absolute Gasteiger partial charge is 0.320 e. The molecule has 21 heavy (non-hydrogen) atoms. The Kier molecular flexibility index (Phi) is 4.31. The van der Waals surface area contributed by atoms with E-state index < -0.39 is 12.0 Å². The molecule has 0 radical (unpaired) electrons. The lowest BCUT2D eigenvalue weighted by atomic mass is 9.97. The number of carboxylic acid groups (broad SMARTS) is 1. The van der Waals surface area contributed by atoms with Crippen molar-refractivity contribution in [1.29, 1.82) is 0 Å². The molecule has 5 heteroatoms. The van der Waals surface area contributed by atoms with Gasteiger partial charge in [0.15, 0.2) is 0 Å². The average molecular weight is 302 g/mol. The molecule has 2 aromatic rings. The number of aromatic nitrogens is 1. The summed E-state index contributed by atoms with van der Waals surface area (Å²) in [6.45, 7) is 0.802. The molecule has 2 atom stereocenters. The second-order valence-electron chi connectivity index (χ2n) is 5.26. The van der Waals surface area contributed by atoms with E-state index in [9.17, 15) is 9.90 Å². The molecule has 3 rings (SSSR count). The first-order chi connectivity index (χ1) is 10.3. The van der Waals surface area contributed by atoms with E-state index in [0.717, 1.165) is 30.0 Å². The SMILES string of the molecule is O=C(O)C1CCCCN1C(c1ccccn1)c1cccs1. The van der Waals surface area contributed by atoms with Crippen LogP contribution < -0.4 is 0 Å². The average Bonchev–Trinajstić information content (AvgIpc) is 3.03. The van der Waals surface area contributed by atoms with Gasteiger partial charge in [-0.25, -0.2) is 0 Å². The maximum absolute atomic E-state index is 11.6. The van der Waals surface area contributed by atoms with E-state index in [4.69, 9.17) is 0 Å². The first-order valence-electron chi connectivity index (χ1n) is 7.20. The Labute approximate surface area is 128 Å². The molecule has 0 aromatic carbocycles. The number of nitrogens with zero attached hydrogens (tertiary/aromatic N) is 2. The summed E-state index contributed by atoms with van der Waals surface area (Å²) < 4.78 is 0. The Morgan fingerprint density at radius 1 is 1.33 bits per heavy atom. The van der Waals surface area contributed by atoms with Crippen molar-refractivity contribution in [1.82, 2.24) is 9.88 Å². The molecule has 4 nitrogen and oxygen atoms in total. The van der Waals surface area contributed by atoms with Crippen molar-refractivity contribution >= 4 is 17.3 Å². The number of piperidine rings is 1. The molecule has 110 valence electrons. The minimum absolute atomic E-state index is 0.0624. The monoisotopic (exact) mass is 302 g/mol. The summed E-state index contributed by atoms with van der Waals surface area (Å²) in [6.07, 6.45) is 4.50. The van der Waals surface area contributed by atoms with Crippen LogP contribution in [-0.4, -0.2) is 33.5 Å². The highest BCUT2D eigenvalue weighted by molar-refractivity contribution is 7.10. The number of carboxylic acids is 1. The predicted octanol–water partition coefficient (Wildman–Crippen LogP) is 3.17. The Morgan fingerprint density at radius 3 is 2.90 bits per heavy atom. The van der Waals surface area contributed by atoms with Crippen molar-refractivity contribution < 1.29 is 9.90 Å². The van der Waals surface area contributed by atoms with Crippen molar-refractivity contribution in [3.63, 3.8) is 0 Å². The van der Waals surface area contributed by atoms with Gasteiger partial charge in [-0.15, -0.1) is 11.3 Å². The van der Waals surface area contributed by atoms with Crippen molar-refractivity contribution in [2.45, 2.75) is 31.3 Å².